The second kappa shape index (κ2) is 5.11. The minimum atomic E-state index is -4.88. The van der Waals surface area contributed by atoms with Crippen LogP contribution in [0.4, 0.5) is 13.2 Å². The molecule has 0 saturated carbocycles. The highest BCUT2D eigenvalue weighted by Gasteiger charge is 2.42. The van der Waals surface area contributed by atoms with Gasteiger partial charge < -0.3 is 5.11 Å². The zero-order chi connectivity index (χ0) is 16.7. The summed E-state index contributed by atoms with van der Waals surface area (Å²) in [6, 6.07) is 6.27. The number of rotatable bonds is 2. The number of carboxylic acids is 1. The SMILES string of the molecule is CC(C)(C)c1ccc(-n2nnc(C(=O)O)c2C(F)(F)F)cc1. The number of nitrogens with zero attached hydrogens (tertiary/aromatic N) is 3. The van der Waals surface area contributed by atoms with Gasteiger partial charge in [0.1, 0.15) is 0 Å². The van der Waals surface area contributed by atoms with E-state index in [-0.39, 0.29) is 11.1 Å². The third kappa shape index (κ3) is 2.95. The third-order valence-electron chi connectivity index (χ3n) is 3.12. The van der Waals surface area contributed by atoms with Crippen LogP contribution in [0.5, 0.6) is 0 Å². The van der Waals surface area contributed by atoms with Gasteiger partial charge in [-0.25, -0.2) is 9.48 Å². The Kier molecular flexibility index (Phi) is 3.72. The minimum Gasteiger partial charge on any atom is -0.476 e. The number of hydrogen-bond acceptors (Lipinski definition) is 3. The lowest BCUT2D eigenvalue weighted by Gasteiger charge is -2.19. The summed E-state index contributed by atoms with van der Waals surface area (Å²) in [4.78, 5) is 10.9. The predicted octanol–water partition coefficient (Wildman–Crippen LogP) is 3.28. The first-order valence-corrected chi connectivity index (χ1v) is 6.39. The van der Waals surface area contributed by atoms with Gasteiger partial charge in [-0.15, -0.1) is 5.10 Å². The maximum Gasteiger partial charge on any atom is 0.436 e. The van der Waals surface area contributed by atoms with Crippen molar-refractivity contribution >= 4 is 5.97 Å². The fourth-order valence-corrected chi connectivity index (χ4v) is 1.96. The summed E-state index contributed by atoms with van der Waals surface area (Å²) in [5.41, 5.74) is -1.64. The summed E-state index contributed by atoms with van der Waals surface area (Å²) < 4.78 is 39.8. The summed E-state index contributed by atoms with van der Waals surface area (Å²) >= 11 is 0. The Labute approximate surface area is 124 Å². The maximum absolute atomic E-state index is 13.1. The van der Waals surface area contributed by atoms with Gasteiger partial charge in [-0.05, 0) is 23.1 Å². The zero-order valence-electron chi connectivity index (χ0n) is 12.1. The van der Waals surface area contributed by atoms with E-state index in [1.807, 2.05) is 20.8 Å². The first-order chi connectivity index (χ1) is 10.0. The monoisotopic (exact) mass is 313 g/mol. The lowest BCUT2D eigenvalue weighted by Crippen LogP contribution is -2.17. The maximum atomic E-state index is 13.1. The molecule has 0 amide bonds. The molecule has 5 nitrogen and oxygen atoms in total. The van der Waals surface area contributed by atoms with E-state index < -0.39 is 23.5 Å². The average Bonchev–Trinajstić information content (AvgIpc) is 2.82. The van der Waals surface area contributed by atoms with E-state index in [9.17, 15) is 18.0 Å². The molecule has 0 fully saturated rings. The van der Waals surface area contributed by atoms with Gasteiger partial charge in [0.25, 0.3) is 0 Å². The molecular formula is C14H14F3N3O2. The number of hydrogen-bond donors (Lipinski definition) is 1. The number of halogens is 3. The molecule has 0 spiro atoms. The zero-order valence-corrected chi connectivity index (χ0v) is 12.1. The van der Waals surface area contributed by atoms with Crippen LogP contribution in [0, 0.1) is 0 Å². The van der Waals surface area contributed by atoms with E-state index in [2.05, 4.69) is 10.3 Å². The molecule has 0 aliphatic rings. The minimum absolute atomic E-state index is 0.0975. The van der Waals surface area contributed by atoms with Gasteiger partial charge >= 0.3 is 12.1 Å². The molecule has 0 aliphatic carbocycles. The van der Waals surface area contributed by atoms with Crippen LogP contribution in [0.2, 0.25) is 0 Å². The standard InChI is InChI=1S/C14H14F3N3O2/c1-13(2,3)8-4-6-9(7-5-8)20-11(14(15,16)17)10(12(21)22)18-19-20/h4-7H,1-3H3,(H,21,22). The molecule has 1 N–H and O–H groups in total. The number of aromatic nitrogens is 3. The molecule has 0 bridgehead atoms. The number of benzene rings is 1. The highest BCUT2D eigenvalue weighted by Crippen LogP contribution is 2.33. The Morgan fingerprint density at radius 2 is 1.68 bits per heavy atom. The normalized spacial score (nSPS) is 12.5. The molecule has 0 aliphatic heterocycles. The van der Waals surface area contributed by atoms with Gasteiger partial charge in [0.15, 0.2) is 5.69 Å². The molecule has 2 rings (SSSR count). The van der Waals surface area contributed by atoms with Crippen LogP contribution in [-0.2, 0) is 11.6 Å². The Hall–Kier alpha value is -2.38. The Bertz CT molecular complexity index is 698. The van der Waals surface area contributed by atoms with Crippen molar-refractivity contribution < 1.29 is 23.1 Å². The largest absolute Gasteiger partial charge is 0.476 e. The second-order valence-electron chi connectivity index (χ2n) is 5.80. The van der Waals surface area contributed by atoms with Gasteiger partial charge in [0.05, 0.1) is 5.69 Å². The summed E-state index contributed by atoms with van der Waals surface area (Å²) in [5, 5.41) is 15.3. The first kappa shape index (κ1) is 16.0. The van der Waals surface area contributed by atoms with Crippen molar-refractivity contribution in [2.45, 2.75) is 32.4 Å². The van der Waals surface area contributed by atoms with Crippen molar-refractivity contribution in [1.82, 2.24) is 15.0 Å². The van der Waals surface area contributed by atoms with Crippen LogP contribution in [-0.4, -0.2) is 26.1 Å². The molecule has 22 heavy (non-hydrogen) atoms. The molecule has 1 aromatic carbocycles. The molecule has 0 radical (unpaired) electrons. The first-order valence-electron chi connectivity index (χ1n) is 6.39. The molecular weight excluding hydrogens is 299 g/mol. The molecule has 0 saturated heterocycles. The van der Waals surface area contributed by atoms with Gasteiger partial charge in [-0.2, -0.15) is 13.2 Å². The van der Waals surface area contributed by atoms with Crippen molar-refractivity contribution in [1.29, 1.82) is 0 Å². The van der Waals surface area contributed by atoms with Gasteiger partial charge in [0.2, 0.25) is 5.69 Å². The van der Waals surface area contributed by atoms with Crippen LogP contribution < -0.4 is 0 Å². The molecule has 2 aromatic rings. The van der Waals surface area contributed by atoms with E-state index in [1.165, 1.54) is 12.1 Å². The van der Waals surface area contributed by atoms with E-state index >= 15 is 0 Å². The molecule has 1 heterocycles. The molecule has 0 unspecified atom stereocenters. The molecule has 0 atom stereocenters. The van der Waals surface area contributed by atoms with E-state index in [4.69, 9.17) is 5.11 Å². The van der Waals surface area contributed by atoms with Crippen LogP contribution in [0.25, 0.3) is 5.69 Å². The predicted molar refractivity (Wildman–Crippen MR) is 72.0 cm³/mol. The van der Waals surface area contributed by atoms with Crippen LogP contribution in [0.3, 0.4) is 0 Å². The number of carboxylic acid groups (broad SMARTS) is 1. The van der Waals surface area contributed by atoms with Crippen molar-refractivity contribution in [2.24, 2.45) is 0 Å². The highest BCUT2D eigenvalue weighted by molar-refractivity contribution is 5.86. The number of alkyl halides is 3. The van der Waals surface area contributed by atoms with Crippen molar-refractivity contribution in [3.8, 4) is 5.69 Å². The van der Waals surface area contributed by atoms with Crippen molar-refractivity contribution in [3.05, 3.63) is 41.2 Å². The van der Waals surface area contributed by atoms with E-state index in [0.29, 0.717) is 4.68 Å². The Morgan fingerprint density at radius 3 is 2.09 bits per heavy atom. The molecule has 118 valence electrons. The van der Waals surface area contributed by atoms with Gasteiger partial charge in [0, 0.05) is 0 Å². The quantitative estimate of drug-likeness (QED) is 0.924. The van der Waals surface area contributed by atoms with Crippen LogP contribution in [0.15, 0.2) is 24.3 Å². The fraction of sp³-hybridized carbons (Fsp3) is 0.357. The van der Waals surface area contributed by atoms with Gasteiger partial charge in [-0.3, -0.25) is 0 Å². The Balaban J connectivity index is 2.56. The van der Waals surface area contributed by atoms with Crippen molar-refractivity contribution in [2.75, 3.05) is 0 Å². The average molecular weight is 313 g/mol. The highest BCUT2D eigenvalue weighted by atomic mass is 19.4. The van der Waals surface area contributed by atoms with E-state index in [1.54, 1.807) is 12.1 Å². The summed E-state index contributed by atoms with van der Waals surface area (Å²) in [6.45, 7) is 5.92. The fourth-order valence-electron chi connectivity index (χ4n) is 1.96. The molecule has 1 aromatic heterocycles. The lowest BCUT2D eigenvalue weighted by molar-refractivity contribution is -0.143. The molecule has 8 heteroatoms. The van der Waals surface area contributed by atoms with Crippen LogP contribution in [0.1, 0.15) is 42.5 Å². The second-order valence-corrected chi connectivity index (χ2v) is 5.80. The lowest BCUT2D eigenvalue weighted by atomic mass is 9.87. The smallest absolute Gasteiger partial charge is 0.436 e. The summed E-state index contributed by atoms with van der Waals surface area (Å²) in [5.74, 6) is -1.77. The van der Waals surface area contributed by atoms with Gasteiger partial charge in [-0.1, -0.05) is 38.1 Å². The van der Waals surface area contributed by atoms with Crippen molar-refractivity contribution in [3.63, 3.8) is 0 Å². The topological polar surface area (TPSA) is 68.0 Å². The number of carbonyl (C=O) groups is 1. The van der Waals surface area contributed by atoms with Crippen LogP contribution >= 0.6 is 0 Å². The summed E-state index contributed by atoms with van der Waals surface area (Å²) in [7, 11) is 0. The summed E-state index contributed by atoms with van der Waals surface area (Å²) in [6.07, 6.45) is -4.88. The van der Waals surface area contributed by atoms with E-state index in [0.717, 1.165) is 5.56 Å². The number of aromatic carboxylic acids is 1. The third-order valence-corrected chi connectivity index (χ3v) is 3.12. The Morgan fingerprint density at radius 1 is 1.14 bits per heavy atom.